The van der Waals surface area contributed by atoms with Gasteiger partial charge in [-0.15, -0.1) is 6.58 Å². The van der Waals surface area contributed by atoms with E-state index in [1.807, 2.05) is 55.5 Å². The van der Waals surface area contributed by atoms with Gasteiger partial charge in [0.05, 0.1) is 13.7 Å². The minimum absolute atomic E-state index is 0.0916. The summed E-state index contributed by atoms with van der Waals surface area (Å²) in [5.41, 5.74) is 2.96. The molecule has 2 aromatic carbocycles. The second-order valence-corrected chi connectivity index (χ2v) is 9.93. The van der Waals surface area contributed by atoms with E-state index in [1.54, 1.807) is 20.1 Å². The van der Waals surface area contributed by atoms with Crippen molar-refractivity contribution in [3.05, 3.63) is 77.9 Å². The van der Waals surface area contributed by atoms with E-state index in [1.165, 1.54) is 11.4 Å². The molecule has 0 heterocycles. The van der Waals surface area contributed by atoms with Crippen molar-refractivity contribution in [1.29, 1.82) is 0 Å². The molecule has 0 saturated heterocycles. The minimum atomic E-state index is -3.70. The predicted molar refractivity (Wildman–Crippen MR) is 117 cm³/mol. The average Bonchev–Trinajstić information content (AvgIpc) is 2.70. The topological polar surface area (TPSA) is 55.8 Å². The summed E-state index contributed by atoms with van der Waals surface area (Å²) in [6.45, 7) is 8.10. The van der Waals surface area contributed by atoms with Gasteiger partial charge in [-0.2, -0.15) is 4.31 Å². The fraction of sp³-hybridized carbons (Fsp3) is 0.391. The molecule has 0 radical (unpaired) electrons. The lowest BCUT2D eigenvalue weighted by Crippen LogP contribution is -2.48. The van der Waals surface area contributed by atoms with Gasteiger partial charge in [-0.25, -0.2) is 8.42 Å². The molecule has 158 valence electrons. The van der Waals surface area contributed by atoms with Crippen LogP contribution in [0.4, 0.5) is 0 Å². The summed E-state index contributed by atoms with van der Waals surface area (Å²) >= 11 is 0. The first-order valence-corrected chi connectivity index (χ1v) is 11.0. The number of hydrogen-bond acceptors (Lipinski definition) is 4. The number of aryl methyl sites for hydroxylation is 1. The molecule has 0 spiro atoms. The zero-order valence-electron chi connectivity index (χ0n) is 17.7. The van der Waals surface area contributed by atoms with E-state index >= 15 is 0 Å². The van der Waals surface area contributed by atoms with Crippen molar-refractivity contribution in [3.63, 3.8) is 0 Å². The lowest BCUT2D eigenvalue weighted by atomic mass is 10.1. The molecule has 2 rings (SSSR count). The van der Waals surface area contributed by atoms with Gasteiger partial charge in [0.15, 0.2) is 0 Å². The molecule has 0 unspecified atom stereocenters. The van der Waals surface area contributed by atoms with Crippen LogP contribution in [0.15, 0.2) is 61.2 Å². The lowest BCUT2D eigenvalue weighted by Gasteiger charge is -2.34. The van der Waals surface area contributed by atoms with Gasteiger partial charge in [-0.3, -0.25) is 0 Å². The van der Waals surface area contributed by atoms with Crippen LogP contribution in [0, 0.1) is 6.92 Å². The summed E-state index contributed by atoms with van der Waals surface area (Å²) in [4.78, 5) is 0. The fourth-order valence-electron chi connectivity index (χ4n) is 3.22. The standard InChI is InChI=1S/C23H31NO4S/c1-6-15-23(3,18-27-4)29(25,26)24(16-20-9-7-19(2)8-10-20)17-21-11-13-22(28-5)14-12-21/h6-14H,1,15-18H2,2-5H3/t23-/m1/s1. The Morgan fingerprint density at radius 2 is 1.52 bits per heavy atom. The van der Waals surface area contributed by atoms with Crippen LogP contribution in [0.3, 0.4) is 0 Å². The first-order chi connectivity index (χ1) is 13.8. The van der Waals surface area contributed by atoms with Crippen molar-refractivity contribution >= 4 is 10.0 Å². The van der Waals surface area contributed by atoms with Crippen LogP contribution in [-0.2, 0) is 27.8 Å². The highest BCUT2D eigenvalue weighted by atomic mass is 32.2. The Bertz CT molecular complexity index is 891. The van der Waals surface area contributed by atoms with E-state index in [4.69, 9.17) is 9.47 Å². The third-order valence-corrected chi connectivity index (χ3v) is 7.45. The van der Waals surface area contributed by atoms with E-state index in [-0.39, 0.29) is 19.7 Å². The second kappa shape index (κ2) is 10.1. The maximum absolute atomic E-state index is 13.7. The van der Waals surface area contributed by atoms with Crippen molar-refractivity contribution < 1.29 is 17.9 Å². The van der Waals surface area contributed by atoms with Crippen LogP contribution in [-0.4, -0.2) is 38.3 Å². The highest BCUT2D eigenvalue weighted by Gasteiger charge is 2.42. The Labute approximate surface area is 175 Å². The highest BCUT2D eigenvalue weighted by Crippen LogP contribution is 2.29. The van der Waals surface area contributed by atoms with Crippen LogP contribution in [0.2, 0.25) is 0 Å². The normalized spacial score (nSPS) is 13.8. The van der Waals surface area contributed by atoms with Gasteiger partial charge in [-0.1, -0.05) is 48.0 Å². The largest absolute Gasteiger partial charge is 0.497 e. The number of rotatable bonds is 11. The number of methoxy groups -OCH3 is 2. The molecule has 0 aliphatic heterocycles. The zero-order valence-corrected chi connectivity index (χ0v) is 18.5. The number of hydrogen-bond donors (Lipinski definition) is 0. The Hall–Kier alpha value is -2.15. The lowest BCUT2D eigenvalue weighted by molar-refractivity contribution is 0.165. The summed E-state index contributed by atoms with van der Waals surface area (Å²) in [5.74, 6) is 0.734. The fourth-order valence-corrected chi connectivity index (χ4v) is 5.08. The number of ether oxygens (including phenoxy) is 2. The van der Waals surface area contributed by atoms with Crippen molar-refractivity contribution in [2.24, 2.45) is 0 Å². The van der Waals surface area contributed by atoms with Gasteiger partial charge in [0, 0.05) is 20.2 Å². The Kier molecular flexibility index (Phi) is 8.02. The van der Waals surface area contributed by atoms with Gasteiger partial charge in [0.2, 0.25) is 10.0 Å². The first-order valence-electron chi connectivity index (χ1n) is 9.54. The van der Waals surface area contributed by atoms with E-state index in [0.717, 1.165) is 22.4 Å². The maximum atomic E-state index is 13.7. The monoisotopic (exact) mass is 417 g/mol. The molecule has 0 aromatic heterocycles. The average molecular weight is 418 g/mol. The number of allylic oxidation sites excluding steroid dienone is 1. The smallest absolute Gasteiger partial charge is 0.222 e. The molecule has 5 nitrogen and oxygen atoms in total. The molecule has 6 heteroatoms. The molecule has 0 aliphatic rings. The van der Waals surface area contributed by atoms with Crippen LogP contribution in [0.1, 0.15) is 30.0 Å². The van der Waals surface area contributed by atoms with Gasteiger partial charge >= 0.3 is 0 Å². The molecular weight excluding hydrogens is 386 g/mol. The number of nitrogens with zero attached hydrogens (tertiary/aromatic N) is 1. The van der Waals surface area contributed by atoms with Gasteiger partial charge in [0.25, 0.3) is 0 Å². The van der Waals surface area contributed by atoms with Gasteiger partial charge in [0.1, 0.15) is 10.5 Å². The Morgan fingerprint density at radius 1 is 1.00 bits per heavy atom. The third kappa shape index (κ3) is 5.69. The van der Waals surface area contributed by atoms with Crippen molar-refractivity contribution in [3.8, 4) is 5.75 Å². The number of sulfonamides is 1. The van der Waals surface area contributed by atoms with E-state index in [2.05, 4.69) is 6.58 Å². The molecule has 0 fully saturated rings. The van der Waals surface area contributed by atoms with E-state index in [0.29, 0.717) is 6.42 Å². The van der Waals surface area contributed by atoms with Crippen LogP contribution >= 0.6 is 0 Å². The van der Waals surface area contributed by atoms with Crippen LogP contribution < -0.4 is 4.74 Å². The molecule has 0 N–H and O–H groups in total. The molecule has 2 aromatic rings. The van der Waals surface area contributed by atoms with Crippen molar-refractivity contribution in [1.82, 2.24) is 4.31 Å². The summed E-state index contributed by atoms with van der Waals surface area (Å²) in [6, 6.07) is 15.4. The second-order valence-electron chi connectivity index (χ2n) is 7.48. The summed E-state index contributed by atoms with van der Waals surface area (Å²) in [7, 11) is -0.579. The Balaban J connectivity index is 2.42. The zero-order chi connectivity index (χ0) is 21.5. The molecule has 1 atom stereocenters. The van der Waals surface area contributed by atoms with Crippen LogP contribution in [0.5, 0.6) is 5.75 Å². The molecule has 0 bridgehead atoms. The van der Waals surface area contributed by atoms with Gasteiger partial charge in [-0.05, 0) is 43.5 Å². The van der Waals surface area contributed by atoms with Crippen molar-refractivity contribution in [2.75, 3.05) is 20.8 Å². The first kappa shape index (κ1) is 23.1. The van der Waals surface area contributed by atoms with Crippen LogP contribution in [0.25, 0.3) is 0 Å². The predicted octanol–water partition coefficient (Wildman–Crippen LogP) is 4.32. The van der Waals surface area contributed by atoms with E-state index in [9.17, 15) is 8.42 Å². The summed E-state index contributed by atoms with van der Waals surface area (Å²) < 4.78 is 38.3. The molecular formula is C23H31NO4S. The molecule has 0 amide bonds. The quantitative estimate of drug-likeness (QED) is 0.511. The Morgan fingerprint density at radius 3 is 1.97 bits per heavy atom. The molecule has 29 heavy (non-hydrogen) atoms. The summed E-state index contributed by atoms with van der Waals surface area (Å²) in [5, 5.41) is 0. The molecule has 0 saturated carbocycles. The number of benzene rings is 2. The van der Waals surface area contributed by atoms with Gasteiger partial charge < -0.3 is 9.47 Å². The minimum Gasteiger partial charge on any atom is -0.497 e. The summed E-state index contributed by atoms with van der Waals surface area (Å²) in [6.07, 6.45) is 1.93. The molecule has 0 aliphatic carbocycles. The van der Waals surface area contributed by atoms with Crippen molar-refractivity contribution in [2.45, 2.75) is 38.1 Å². The van der Waals surface area contributed by atoms with E-state index < -0.39 is 14.8 Å². The maximum Gasteiger partial charge on any atom is 0.222 e. The highest BCUT2D eigenvalue weighted by molar-refractivity contribution is 7.90. The third-order valence-electron chi connectivity index (χ3n) is 4.99. The SMILES string of the molecule is C=CC[C@](C)(COC)S(=O)(=O)N(Cc1ccc(C)cc1)Cc1ccc(OC)cc1.